The Morgan fingerprint density at radius 3 is 2.31 bits per heavy atom. The van der Waals surface area contributed by atoms with Crippen molar-refractivity contribution in [3.8, 4) is 0 Å². The molecular weight excluding hydrogens is 203 g/mol. The Morgan fingerprint density at radius 2 is 2.00 bits per heavy atom. The Morgan fingerprint density at radius 1 is 1.54 bits per heavy atom. The fourth-order valence-electron chi connectivity index (χ4n) is 0.587. The van der Waals surface area contributed by atoms with E-state index in [4.69, 9.17) is 5.73 Å². The Bertz CT molecular complexity index is 191. The predicted molar refractivity (Wildman–Crippen MR) is 45.9 cm³/mol. The number of hydrogen-bond acceptors (Lipinski definition) is 4. The lowest BCUT2D eigenvalue weighted by atomic mass is 10.1. The fraction of sp³-hybridized carbons (Fsp3) is 0.667. The van der Waals surface area contributed by atoms with Crippen molar-refractivity contribution in [2.24, 2.45) is 11.5 Å². The first kappa shape index (κ1) is 14.6. The van der Waals surface area contributed by atoms with Crippen molar-refractivity contribution in [3.63, 3.8) is 0 Å². The lowest BCUT2D eigenvalue weighted by Crippen LogP contribution is -2.38. The van der Waals surface area contributed by atoms with Crippen LogP contribution in [0.3, 0.4) is 0 Å². The third kappa shape index (κ3) is 5.37. The predicted octanol–water partition coefficient (Wildman–Crippen LogP) is -0.878. The van der Waals surface area contributed by atoms with Crippen LogP contribution in [0, 0.1) is 0 Å². The van der Waals surface area contributed by atoms with Crippen molar-refractivity contribution >= 4 is 24.3 Å². The molecule has 13 heavy (non-hydrogen) atoms. The summed E-state index contributed by atoms with van der Waals surface area (Å²) in [7, 11) is 1.12. The molecular formula is C6H12ClFN2O3. The third-order valence-electron chi connectivity index (χ3n) is 1.27. The van der Waals surface area contributed by atoms with Crippen molar-refractivity contribution in [2.75, 3.05) is 7.11 Å². The van der Waals surface area contributed by atoms with E-state index in [2.05, 4.69) is 10.5 Å². The Balaban J connectivity index is 0. The van der Waals surface area contributed by atoms with Crippen molar-refractivity contribution in [2.45, 2.75) is 18.6 Å². The zero-order chi connectivity index (χ0) is 9.72. The molecule has 0 saturated heterocycles. The minimum atomic E-state index is -1.90. The number of ether oxygens (including phenoxy) is 1. The summed E-state index contributed by atoms with van der Waals surface area (Å²) in [5, 5.41) is 0. The van der Waals surface area contributed by atoms with Crippen LogP contribution in [0.5, 0.6) is 0 Å². The van der Waals surface area contributed by atoms with Crippen molar-refractivity contribution in [1.29, 1.82) is 0 Å². The lowest BCUT2D eigenvalue weighted by molar-refractivity contribution is -0.142. The molecule has 78 valence electrons. The van der Waals surface area contributed by atoms with Crippen LogP contribution in [-0.2, 0) is 14.3 Å². The molecule has 0 bridgehead atoms. The summed E-state index contributed by atoms with van der Waals surface area (Å²) in [4.78, 5) is 20.8. The zero-order valence-electron chi connectivity index (χ0n) is 7.03. The largest absolute Gasteiger partial charge is 0.468 e. The summed E-state index contributed by atoms with van der Waals surface area (Å²) < 4.78 is 16.7. The van der Waals surface area contributed by atoms with E-state index < -0.39 is 30.5 Å². The normalized spacial score (nSPS) is 13.8. The Labute approximate surface area is 81.0 Å². The van der Waals surface area contributed by atoms with E-state index in [1.54, 1.807) is 0 Å². The van der Waals surface area contributed by atoms with E-state index in [1.807, 2.05) is 0 Å². The molecule has 0 aliphatic carbocycles. The van der Waals surface area contributed by atoms with Crippen molar-refractivity contribution in [3.05, 3.63) is 0 Å². The van der Waals surface area contributed by atoms with Gasteiger partial charge in [0.05, 0.1) is 7.11 Å². The first-order valence-electron chi connectivity index (χ1n) is 3.25. The van der Waals surface area contributed by atoms with Crippen LogP contribution >= 0.6 is 12.4 Å². The lowest BCUT2D eigenvalue weighted by Gasteiger charge is -2.09. The van der Waals surface area contributed by atoms with Crippen LogP contribution in [-0.4, -0.2) is 31.2 Å². The second kappa shape index (κ2) is 6.62. The summed E-state index contributed by atoms with van der Waals surface area (Å²) in [6, 6.07) is -1.14. The molecule has 1 amide bonds. The highest BCUT2D eigenvalue weighted by molar-refractivity contribution is 5.85. The number of methoxy groups -OCH3 is 1. The average Bonchev–Trinajstić information content (AvgIpc) is 2.02. The SMILES string of the molecule is COC(=O)[C@@H](N)C[C@@H](F)C(N)=O.Cl. The second-order valence-electron chi connectivity index (χ2n) is 2.24. The van der Waals surface area contributed by atoms with Crippen LogP contribution in [0.25, 0.3) is 0 Å². The highest BCUT2D eigenvalue weighted by Gasteiger charge is 2.22. The van der Waals surface area contributed by atoms with Crippen LogP contribution in [0.15, 0.2) is 0 Å². The first-order valence-corrected chi connectivity index (χ1v) is 3.25. The van der Waals surface area contributed by atoms with Gasteiger partial charge in [0.2, 0.25) is 0 Å². The number of hydrogen-bond donors (Lipinski definition) is 2. The average molecular weight is 215 g/mol. The smallest absolute Gasteiger partial charge is 0.322 e. The summed E-state index contributed by atoms with van der Waals surface area (Å²) in [6.07, 6.45) is -2.35. The van der Waals surface area contributed by atoms with Gasteiger partial charge in [-0.05, 0) is 0 Å². The maximum Gasteiger partial charge on any atom is 0.322 e. The minimum absolute atomic E-state index is 0. The monoisotopic (exact) mass is 214 g/mol. The van der Waals surface area contributed by atoms with E-state index >= 15 is 0 Å². The highest BCUT2D eigenvalue weighted by atomic mass is 35.5. The molecule has 2 atom stereocenters. The molecule has 0 unspecified atom stereocenters. The Kier molecular flexibility index (Phi) is 7.45. The maximum atomic E-state index is 12.5. The third-order valence-corrected chi connectivity index (χ3v) is 1.27. The molecule has 0 aromatic rings. The summed E-state index contributed by atoms with van der Waals surface area (Å²) >= 11 is 0. The van der Waals surface area contributed by atoms with Gasteiger partial charge in [-0.1, -0.05) is 0 Å². The van der Waals surface area contributed by atoms with Gasteiger partial charge in [-0.2, -0.15) is 0 Å². The quantitative estimate of drug-likeness (QED) is 0.595. The second-order valence-corrected chi connectivity index (χ2v) is 2.24. The highest BCUT2D eigenvalue weighted by Crippen LogP contribution is 2.01. The van der Waals surface area contributed by atoms with Gasteiger partial charge in [0.15, 0.2) is 6.17 Å². The minimum Gasteiger partial charge on any atom is -0.468 e. The number of rotatable bonds is 4. The van der Waals surface area contributed by atoms with Crippen molar-refractivity contribution < 1.29 is 18.7 Å². The van der Waals surface area contributed by atoms with Crippen LogP contribution < -0.4 is 11.5 Å². The summed E-state index contributed by atoms with van der Waals surface area (Å²) in [5.41, 5.74) is 9.75. The molecule has 0 rings (SSSR count). The first-order chi connectivity index (χ1) is 5.49. The van der Waals surface area contributed by atoms with Gasteiger partial charge < -0.3 is 16.2 Å². The standard InChI is InChI=1S/C6H11FN2O3.ClH/c1-12-6(11)4(8)2-3(7)5(9)10;/h3-4H,2,8H2,1H3,(H2,9,10);1H/t3-,4+;/m1./s1. The molecule has 0 aromatic heterocycles. The van der Waals surface area contributed by atoms with Gasteiger partial charge in [-0.25, -0.2) is 4.39 Å². The van der Waals surface area contributed by atoms with Gasteiger partial charge in [0.25, 0.3) is 5.91 Å². The molecule has 0 heterocycles. The Hall–Kier alpha value is -0.880. The molecule has 0 radical (unpaired) electrons. The van der Waals surface area contributed by atoms with Gasteiger partial charge in [0, 0.05) is 6.42 Å². The topological polar surface area (TPSA) is 95.4 Å². The number of esters is 1. The number of nitrogens with two attached hydrogens (primary N) is 2. The summed E-state index contributed by atoms with van der Waals surface area (Å²) in [5.74, 6) is -1.90. The molecule has 5 nitrogen and oxygen atoms in total. The molecule has 0 aliphatic rings. The number of carbonyl (C=O) groups is 2. The molecule has 0 saturated carbocycles. The van der Waals surface area contributed by atoms with Crippen LogP contribution in [0.2, 0.25) is 0 Å². The molecule has 0 spiro atoms. The zero-order valence-corrected chi connectivity index (χ0v) is 7.84. The van der Waals surface area contributed by atoms with Gasteiger partial charge in [-0.3, -0.25) is 9.59 Å². The number of carbonyl (C=O) groups excluding carboxylic acids is 2. The van der Waals surface area contributed by atoms with Gasteiger partial charge >= 0.3 is 5.97 Å². The number of amides is 1. The molecule has 0 aliphatic heterocycles. The molecule has 4 N–H and O–H groups in total. The van der Waals surface area contributed by atoms with Crippen molar-refractivity contribution in [1.82, 2.24) is 0 Å². The van der Waals surface area contributed by atoms with Crippen LogP contribution in [0.1, 0.15) is 6.42 Å². The number of halogens is 2. The summed E-state index contributed by atoms with van der Waals surface area (Å²) in [6.45, 7) is 0. The van der Waals surface area contributed by atoms with Gasteiger partial charge in [-0.15, -0.1) is 12.4 Å². The fourth-order valence-corrected chi connectivity index (χ4v) is 0.587. The maximum absolute atomic E-state index is 12.5. The van der Waals surface area contributed by atoms with E-state index in [1.165, 1.54) is 0 Å². The van der Waals surface area contributed by atoms with E-state index in [-0.39, 0.29) is 12.4 Å². The van der Waals surface area contributed by atoms with Gasteiger partial charge in [0.1, 0.15) is 6.04 Å². The van der Waals surface area contributed by atoms with Crippen LogP contribution in [0.4, 0.5) is 4.39 Å². The molecule has 7 heteroatoms. The van der Waals surface area contributed by atoms with E-state index in [0.717, 1.165) is 7.11 Å². The number of primary amides is 1. The molecule has 0 fully saturated rings. The van der Waals surface area contributed by atoms with E-state index in [9.17, 15) is 14.0 Å². The molecule has 0 aromatic carbocycles. The number of alkyl halides is 1. The van der Waals surface area contributed by atoms with E-state index in [0.29, 0.717) is 0 Å².